The first-order chi connectivity index (χ1) is 10.2. The summed E-state index contributed by atoms with van der Waals surface area (Å²) >= 11 is 0. The Kier molecular flexibility index (Phi) is 4.63. The number of amides is 1. The van der Waals surface area contributed by atoms with Crippen LogP contribution in [0.3, 0.4) is 0 Å². The van der Waals surface area contributed by atoms with Crippen LogP contribution in [0.2, 0.25) is 0 Å². The highest BCUT2D eigenvalue weighted by Gasteiger charge is 2.33. The standard InChI is InChI=1S/C17H26N2O2/c1-13-11-14(8-9-18-13)17(20)19(15-5-2-3-6-15)12-16-7-4-10-21-16/h4,7,10,13-15,18H,2-3,5-6,8-9,11-12H2,1H3. The molecule has 0 spiro atoms. The molecule has 1 N–H and O–H groups in total. The lowest BCUT2D eigenvalue weighted by molar-refractivity contribution is -0.140. The summed E-state index contributed by atoms with van der Waals surface area (Å²) in [6, 6.07) is 4.73. The fourth-order valence-corrected chi connectivity index (χ4v) is 3.76. The topological polar surface area (TPSA) is 45.5 Å². The van der Waals surface area contributed by atoms with Crippen molar-refractivity contribution in [1.29, 1.82) is 0 Å². The number of rotatable bonds is 4. The molecule has 1 amide bonds. The van der Waals surface area contributed by atoms with Crippen LogP contribution in [0.15, 0.2) is 22.8 Å². The van der Waals surface area contributed by atoms with Gasteiger partial charge in [-0.2, -0.15) is 0 Å². The van der Waals surface area contributed by atoms with Gasteiger partial charge in [-0.15, -0.1) is 0 Å². The molecule has 2 unspecified atom stereocenters. The maximum absolute atomic E-state index is 13.0. The lowest BCUT2D eigenvalue weighted by Gasteiger charge is -2.35. The molecule has 2 atom stereocenters. The van der Waals surface area contributed by atoms with Gasteiger partial charge in [0.1, 0.15) is 5.76 Å². The number of nitrogens with one attached hydrogen (secondary N) is 1. The van der Waals surface area contributed by atoms with E-state index in [4.69, 9.17) is 4.42 Å². The summed E-state index contributed by atoms with van der Waals surface area (Å²) in [6.07, 6.45) is 8.40. The number of carbonyl (C=O) groups is 1. The third-order valence-corrected chi connectivity index (χ3v) is 4.93. The van der Waals surface area contributed by atoms with Crippen molar-refractivity contribution in [2.45, 2.75) is 64.1 Å². The molecule has 2 fully saturated rings. The summed E-state index contributed by atoms with van der Waals surface area (Å²) in [4.78, 5) is 15.1. The minimum Gasteiger partial charge on any atom is -0.467 e. The Morgan fingerprint density at radius 3 is 2.86 bits per heavy atom. The van der Waals surface area contributed by atoms with E-state index in [1.54, 1.807) is 6.26 Å². The number of furan rings is 1. The molecule has 2 heterocycles. The molecule has 1 saturated carbocycles. The highest BCUT2D eigenvalue weighted by molar-refractivity contribution is 5.79. The highest BCUT2D eigenvalue weighted by atomic mass is 16.3. The lowest BCUT2D eigenvalue weighted by atomic mass is 9.91. The Morgan fingerprint density at radius 2 is 2.19 bits per heavy atom. The van der Waals surface area contributed by atoms with E-state index in [1.165, 1.54) is 12.8 Å². The number of piperidine rings is 1. The summed E-state index contributed by atoms with van der Waals surface area (Å²) in [5.74, 6) is 1.42. The number of hydrogen-bond donors (Lipinski definition) is 1. The Morgan fingerprint density at radius 1 is 1.38 bits per heavy atom. The van der Waals surface area contributed by atoms with Crippen LogP contribution in [0, 0.1) is 5.92 Å². The first-order valence-electron chi connectivity index (χ1n) is 8.30. The SMILES string of the molecule is CC1CC(C(=O)N(Cc2ccco2)C2CCCC2)CCN1. The summed E-state index contributed by atoms with van der Waals surface area (Å²) < 4.78 is 5.48. The van der Waals surface area contributed by atoms with Crippen molar-refractivity contribution in [2.24, 2.45) is 5.92 Å². The Hall–Kier alpha value is -1.29. The van der Waals surface area contributed by atoms with Crippen molar-refractivity contribution < 1.29 is 9.21 Å². The van der Waals surface area contributed by atoms with Gasteiger partial charge >= 0.3 is 0 Å². The molecule has 21 heavy (non-hydrogen) atoms. The van der Waals surface area contributed by atoms with E-state index < -0.39 is 0 Å². The van der Waals surface area contributed by atoms with Crippen molar-refractivity contribution in [3.8, 4) is 0 Å². The van der Waals surface area contributed by atoms with Gasteiger partial charge < -0.3 is 14.6 Å². The summed E-state index contributed by atoms with van der Waals surface area (Å²) in [5, 5.41) is 3.43. The van der Waals surface area contributed by atoms with Crippen molar-refractivity contribution >= 4 is 5.91 Å². The summed E-state index contributed by atoms with van der Waals surface area (Å²) in [5.41, 5.74) is 0. The average Bonchev–Trinajstić information content (AvgIpc) is 3.17. The third-order valence-electron chi connectivity index (χ3n) is 4.93. The molecular formula is C17H26N2O2. The molecule has 0 aromatic carbocycles. The van der Waals surface area contributed by atoms with E-state index in [-0.39, 0.29) is 5.92 Å². The second kappa shape index (κ2) is 6.65. The van der Waals surface area contributed by atoms with Crippen LogP contribution < -0.4 is 5.32 Å². The summed E-state index contributed by atoms with van der Waals surface area (Å²) in [6.45, 7) is 3.76. The zero-order valence-electron chi connectivity index (χ0n) is 12.9. The van der Waals surface area contributed by atoms with Crippen molar-refractivity contribution in [1.82, 2.24) is 10.2 Å². The van der Waals surface area contributed by atoms with E-state index in [0.29, 0.717) is 24.5 Å². The molecule has 0 radical (unpaired) electrons. The van der Waals surface area contributed by atoms with Crippen LogP contribution in [0.4, 0.5) is 0 Å². The lowest BCUT2D eigenvalue weighted by Crippen LogP contribution is -2.46. The zero-order valence-corrected chi connectivity index (χ0v) is 12.9. The molecule has 4 heteroatoms. The predicted molar refractivity (Wildman–Crippen MR) is 81.7 cm³/mol. The van der Waals surface area contributed by atoms with E-state index in [2.05, 4.69) is 17.1 Å². The number of hydrogen-bond acceptors (Lipinski definition) is 3. The van der Waals surface area contributed by atoms with Gasteiger partial charge in [-0.25, -0.2) is 0 Å². The smallest absolute Gasteiger partial charge is 0.226 e. The highest BCUT2D eigenvalue weighted by Crippen LogP contribution is 2.29. The molecule has 0 bridgehead atoms. The van der Waals surface area contributed by atoms with Crippen LogP contribution in [0.25, 0.3) is 0 Å². The second-order valence-electron chi connectivity index (χ2n) is 6.56. The van der Waals surface area contributed by atoms with E-state index in [0.717, 1.165) is 38.0 Å². The second-order valence-corrected chi connectivity index (χ2v) is 6.56. The molecule has 1 aromatic rings. The summed E-state index contributed by atoms with van der Waals surface area (Å²) in [7, 11) is 0. The molecule has 1 aliphatic heterocycles. The largest absolute Gasteiger partial charge is 0.467 e. The average molecular weight is 290 g/mol. The van der Waals surface area contributed by atoms with Gasteiger partial charge in [0.25, 0.3) is 0 Å². The van der Waals surface area contributed by atoms with Crippen molar-refractivity contribution in [2.75, 3.05) is 6.54 Å². The molecular weight excluding hydrogens is 264 g/mol. The van der Waals surface area contributed by atoms with Crippen LogP contribution in [-0.4, -0.2) is 29.4 Å². The van der Waals surface area contributed by atoms with Crippen molar-refractivity contribution in [3.63, 3.8) is 0 Å². The predicted octanol–water partition coefficient (Wildman–Crippen LogP) is 2.94. The maximum atomic E-state index is 13.0. The van der Waals surface area contributed by atoms with Gasteiger partial charge in [0.15, 0.2) is 0 Å². The Balaban J connectivity index is 1.72. The third kappa shape index (κ3) is 3.49. The molecule has 3 rings (SSSR count). The first kappa shape index (κ1) is 14.6. The van der Waals surface area contributed by atoms with Gasteiger partial charge in [0, 0.05) is 18.0 Å². The number of carbonyl (C=O) groups excluding carboxylic acids is 1. The maximum Gasteiger partial charge on any atom is 0.226 e. The fraction of sp³-hybridized carbons (Fsp3) is 0.706. The normalized spacial score (nSPS) is 26.9. The van der Waals surface area contributed by atoms with E-state index in [1.807, 2.05) is 12.1 Å². The fourth-order valence-electron chi connectivity index (χ4n) is 3.76. The van der Waals surface area contributed by atoms with Gasteiger partial charge in [-0.3, -0.25) is 4.79 Å². The molecule has 4 nitrogen and oxygen atoms in total. The van der Waals surface area contributed by atoms with Gasteiger partial charge in [-0.1, -0.05) is 12.8 Å². The van der Waals surface area contributed by atoms with Crippen LogP contribution in [0.5, 0.6) is 0 Å². The van der Waals surface area contributed by atoms with E-state index in [9.17, 15) is 4.79 Å². The zero-order chi connectivity index (χ0) is 14.7. The quantitative estimate of drug-likeness (QED) is 0.927. The molecule has 116 valence electrons. The van der Waals surface area contributed by atoms with Crippen LogP contribution in [0.1, 0.15) is 51.2 Å². The number of nitrogens with zero attached hydrogens (tertiary/aromatic N) is 1. The van der Waals surface area contributed by atoms with Gasteiger partial charge in [0.2, 0.25) is 5.91 Å². The van der Waals surface area contributed by atoms with Gasteiger partial charge in [0.05, 0.1) is 12.8 Å². The van der Waals surface area contributed by atoms with Gasteiger partial charge in [-0.05, 0) is 51.3 Å². The van der Waals surface area contributed by atoms with Crippen LogP contribution >= 0.6 is 0 Å². The minimum atomic E-state index is 0.178. The Labute approximate surface area is 126 Å². The molecule has 2 aliphatic rings. The monoisotopic (exact) mass is 290 g/mol. The molecule has 1 aromatic heterocycles. The molecule has 1 saturated heterocycles. The van der Waals surface area contributed by atoms with Crippen molar-refractivity contribution in [3.05, 3.63) is 24.2 Å². The minimum absolute atomic E-state index is 0.178. The Bertz CT molecular complexity index is 451. The molecule has 1 aliphatic carbocycles. The first-order valence-corrected chi connectivity index (χ1v) is 8.30. The van der Waals surface area contributed by atoms with Crippen LogP contribution in [-0.2, 0) is 11.3 Å². The van der Waals surface area contributed by atoms with E-state index >= 15 is 0 Å².